The van der Waals surface area contributed by atoms with E-state index in [1.54, 1.807) is 16.3 Å². The minimum atomic E-state index is -0.0676. The van der Waals surface area contributed by atoms with Gasteiger partial charge in [0.25, 0.3) is 0 Å². The molecule has 2 aromatic heterocycles. The molecule has 30 heavy (non-hydrogen) atoms. The molecule has 0 bridgehead atoms. The van der Waals surface area contributed by atoms with Crippen LogP contribution < -0.4 is 4.90 Å². The molecule has 3 aromatic carbocycles. The first-order valence-corrected chi connectivity index (χ1v) is 9.74. The third kappa shape index (κ3) is 3.08. The van der Waals surface area contributed by atoms with Crippen LogP contribution in [-0.2, 0) is 11.3 Å². The summed E-state index contributed by atoms with van der Waals surface area (Å²) in [7, 11) is 0. The molecule has 5 rings (SSSR count). The summed E-state index contributed by atoms with van der Waals surface area (Å²) in [5.41, 5.74) is 3.36. The summed E-state index contributed by atoms with van der Waals surface area (Å²) < 4.78 is 1.75. The van der Waals surface area contributed by atoms with E-state index in [4.69, 9.17) is 5.10 Å². The van der Waals surface area contributed by atoms with Crippen molar-refractivity contribution < 1.29 is 4.79 Å². The van der Waals surface area contributed by atoms with Gasteiger partial charge in [0.15, 0.2) is 11.5 Å². The van der Waals surface area contributed by atoms with E-state index in [-0.39, 0.29) is 12.5 Å². The van der Waals surface area contributed by atoms with Crippen molar-refractivity contribution in [2.75, 3.05) is 4.90 Å². The Balaban J connectivity index is 1.69. The molecule has 6 nitrogen and oxygen atoms in total. The van der Waals surface area contributed by atoms with Crippen molar-refractivity contribution in [3.8, 4) is 11.3 Å². The molecular formula is C24H19N5O. The Morgan fingerprint density at radius 2 is 1.47 bits per heavy atom. The van der Waals surface area contributed by atoms with Gasteiger partial charge in [-0.3, -0.25) is 4.79 Å². The molecule has 0 unspecified atom stereocenters. The highest BCUT2D eigenvalue weighted by atomic mass is 16.2. The van der Waals surface area contributed by atoms with Crippen LogP contribution in [-0.4, -0.2) is 25.7 Å². The Hall–Kier alpha value is -4.06. The predicted octanol–water partition coefficient (Wildman–Crippen LogP) is 4.50. The normalized spacial score (nSPS) is 11.1. The Morgan fingerprint density at radius 3 is 2.17 bits per heavy atom. The number of carbonyl (C=O) groups excluding carboxylic acids is 1. The lowest BCUT2D eigenvalue weighted by atomic mass is 10.1. The smallest absolute Gasteiger partial charge is 0.224 e. The van der Waals surface area contributed by atoms with Crippen LogP contribution in [0.15, 0.2) is 84.9 Å². The minimum Gasteiger partial charge on any atom is -0.305 e. The average molecular weight is 393 g/mol. The first-order chi connectivity index (χ1) is 14.7. The third-order valence-electron chi connectivity index (χ3n) is 5.12. The number of fused-ring (bicyclic) bond motifs is 3. The van der Waals surface area contributed by atoms with Gasteiger partial charge in [-0.25, -0.2) is 0 Å². The van der Waals surface area contributed by atoms with E-state index in [2.05, 4.69) is 10.2 Å². The fraction of sp³-hybridized carbons (Fsp3) is 0.0833. The molecule has 0 saturated carbocycles. The van der Waals surface area contributed by atoms with Crippen LogP contribution in [0.25, 0.3) is 27.7 Å². The zero-order valence-electron chi connectivity index (χ0n) is 16.4. The Kier molecular flexibility index (Phi) is 4.44. The van der Waals surface area contributed by atoms with E-state index >= 15 is 0 Å². The van der Waals surface area contributed by atoms with Crippen molar-refractivity contribution in [2.45, 2.75) is 13.5 Å². The highest BCUT2D eigenvalue weighted by Crippen LogP contribution is 2.29. The van der Waals surface area contributed by atoms with Gasteiger partial charge in [0.1, 0.15) is 0 Å². The van der Waals surface area contributed by atoms with Gasteiger partial charge in [0.2, 0.25) is 5.91 Å². The first kappa shape index (κ1) is 18.0. The molecule has 5 aromatic rings. The van der Waals surface area contributed by atoms with Crippen LogP contribution in [0.4, 0.5) is 5.69 Å². The predicted molar refractivity (Wildman–Crippen MR) is 117 cm³/mol. The van der Waals surface area contributed by atoms with Crippen LogP contribution in [0.2, 0.25) is 0 Å². The summed E-state index contributed by atoms with van der Waals surface area (Å²) in [5, 5.41) is 15.7. The number of anilines is 1. The summed E-state index contributed by atoms with van der Waals surface area (Å²) >= 11 is 0. The Labute approximate surface area is 173 Å². The third-order valence-corrected chi connectivity index (χ3v) is 5.12. The van der Waals surface area contributed by atoms with Crippen LogP contribution in [0.5, 0.6) is 0 Å². The summed E-state index contributed by atoms with van der Waals surface area (Å²) in [4.78, 5) is 14.0. The van der Waals surface area contributed by atoms with Crippen molar-refractivity contribution >= 4 is 28.0 Å². The molecule has 1 amide bonds. The molecule has 0 aliphatic rings. The second-order valence-electron chi connectivity index (χ2n) is 7.05. The number of aromatic nitrogens is 4. The molecule has 0 spiro atoms. The van der Waals surface area contributed by atoms with Crippen molar-refractivity contribution in [1.82, 2.24) is 19.8 Å². The van der Waals surface area contributed by atoms with Gasteiger partial charge >= 0.3 is 0 Å². The fourth-order valence-corrected chi connectivity index (χ4v) is 3.67. The van der Waals surface area contributed by atoms with E-state index in [1.165, 1.54) is 0 Å². The first-order valence-electron chi connectivity index (χ1n) is 9.74. The number of para-hydroxylation sites is 1. The number of hydrogen-bond donors (Lipinski definition) is 0. The number of rotatable bonds is 4. The topological polar surface area (TPSA) is 63.4 Å². The van der Waals surface area contributed by atoms with Gasteiger partial charge in [-0.2, -0.15) is 9.61 Å². The molecule has 0 fully saturated rings. The van der Waals surface area contributed by atoms with Gasteiger partial charge in [0, 0.05) is 28.9 Å². The monoisotopic (exact) mass is 393 g/mol. The molecule has 146 valence electrons. The van der Waals surface area contributed by atoms with Gasteiger partial charge in [0.05, 0.1) is 12.2 Å². The standard InChI is InChI=1S/C24H19N5O/c1-17(30)28(19-12-6-3-7-13-19)16-22-25-26-24-21-15-9-8-14-20(21)23(27-29(22)24)18-10-4-2-5-11-18/h2-15H,16H2,1H3. The van der Waals surface area contributed by atoms with Gasteiger partial charge in [-0.1, -0.05) is 72.8 Å². The van der Waals surface area contributed by atoms with Gasteiger partial charge < -0.3 is 4.90 Å². The lowest BCUT2D eigenvalue weighted by Crippen LogP contribution is -2.29. The average Bonchev–Trinajstić information content (AvgIpc) is 3.21. The lowest BCUT2D eigenvalue weighted by molar-refractivity contribution is -0.116. The summed E-state index contributed by atoms with van der Waals surface area (Å²) in [6, 6.07) is 27.7. The van der Waals surface area contributed by atoms with Crippen LogP contribution in [0.1, 0.15) is 12.7 Å². The minimum absolute atomic E-state index is 0.0676. The van der Waals surface area contributed by atoms with Gasteiger partial charge in [-0.15, -0.1) is 10.2 Å². The summed E-state index contributed by atoms with van der Waals surface area (Å²) in [6.45, 7) is 1.83. The second kappa shape index (κ2) is 7.40. The molecule has 0 aliphatic heterocycles. The lowest BCUT2D eigenvalue weighted by Gasteiger charge is -2.20. The largest absolute Gasteiger partial charge is 0.305 e. The fourth-order valence-electron chi connectivity index (χ4n) is 3.67. The van der Waals surface area contributed by atoms with Crippen molar-refractivity contribution in [3.05, 3.63) is 90.8 Å². The molecule has 0 aliphatic carbocycles. The summed E-state index contributed by atoms with van der Waals surface area (Å²) in [6.07, 6.45) is 0. The zero-order chi connectivity index (χ0) is 20.5. The summed E-state index contributed by atoms with van der Waals surface area (Å²) in [5.74, 6) is 0.536. The number of hydrogen-bond acceptors (Lipinski definition) is 4. The highest BCUT2D eigenvalue weighted by molar-refractivity contribution is 6.01. The molecule has 2 heterocycles. The number of nitrogens with zero attached hydrogens (tertiary/aromatic N) is 5. The van der Waals surface area contributed by atoms with E-state index in [0.29, 0.717) is 11.5 Å². The highest BCUT2D eigenvalue weighted by Gasteiger charge is 2.19. The van der Waals surface area contributed by atoms with E-state index < -0.39 is 0 Å². The molecule has 0 saturated heterocycles. The van der Waals surface area contributed by atoms with Crippen LogP contribution in [0.3, 0.4) is 0 Å². The Morgan fingerprint density at radius 1 is 0.833 bits per heavy atom. The SMILES string of the molecule is CC(=O)N(Cc1nnc2c3ccccc3c(-c3ccccc3)nn12)c1ccccc1. The molecule has 0 radical (unpaired) electrons. The zero-order valence-corrected chi connectivity index (χ0v) is 16.4. The number of carbonyl (C=O) groups is 1. The molecule has 0 atom stereocenters. The van der Waals surface area contributed by atoms with E-state index in [1.807, 2.05) is 84.9 Å². The second-order valence-corrected chi connectivity index (χ2v) is 7.05. The maximum atomic E-state index is 12.4. The Bertz CT molecular complexity index is 1350. The number of benzene rings is 3. The van der Waals surface area contributed by atoms with Crippen molar-refractivity contribution in [1.29, 1.82) is 0 Å². The maximum Gasteiger partial charge on any atom is 0.224 e. The van der Waals surface area contributed by atoms with Crippen LogP contribution in [0, 0.1) is 0 Å². The molecular weight excluding hydrogens is 374 g/mol. The molecule has 0 N–H and O–H groups in total. The van der Waals surface area contributed by atoms with Crippen molar-refractivity contribution in [3.63, 3.8) is 0 Å². The van der Waals surface area contributed by atoms with Crippen molar-refractivity contribution in [2.24, 2.45) is 0 Å². The van der Waals surface area contributed by atoms with E-state index in [0.717, 1.165) is 27.7 Å². The number of amides is 1. The molecule has 6 heteroatoms. The quantitative estimate of drug-likeness (QED) is 0.451. The van der Waals surface area contributed by atoms with E-state index in [9.17, 15) is 4.79 Å². The van der Waals surface area contributed by atoms with Gasteiger partial charge in [-0.05, 0) is 12.1 Å². The van der Waals surface area contributed by atoms with Crippen LogP contribution >= 0.6 is 0 Å². The maximum absolute atomic E-state index is 12.4.